The van der Waals surface area contributed by atoms with Crippen molar-refractivity contribution in [2.45, 2.75) is 82.4 Å². The van der Waals surface area contributed by atoms with Gasteiger partial charge in [0.2, 0.25) is 0 Å². The van der Waals surface area contributed by atoms with Crippen molar-refractivity contribution in [2.24, 2.45) is 0 Å². The molecular formula is C24H35NO7S. The number of carbonyl (C=O) groups is 2. The molecule has 1 aliphatic heterocycles. The normalized spacial score (nSPS) is 19.1. The first-order chi connectivity index (χ1) is 15.4. The number of methoxy groups -OCH3 is 1. The Kier molecular flexibility index (Phi) is 9.48. The van der Waals surface area contributed by atoms with Gasteiger partial charge < -0.3 is 14.4 Å². The summed E-state index contributed by atoms with van der Waals surface area (Å²) in [7, 11) is -2.63. The summed E-state index contributed by atoms with van der Waals surface area (Å²) in [4.78, 5) is 25.6. The van der Waals surface area contributed by atoms with Crippen molar-refractivity contribution < 1.29 is 31.7 Å². The monoisotopic (exact) mass is 481 g/mol. The van der Waals surface area contributed by atoms with E-state index in [2.05, 4.69) is 4.74 Å². The molecule has 0 unspecified atom stereocenters. The summed E-state index contributed by atoms with van der Waals surface area (Å²) >= 11 is 0. The molecule has 0 aliphatic carbocycles. The highest BCUT2D eigenvalue weighted by Crippen LogP contribution is 2.29. The fraction of sp³-hybridized carbons (Fsp3) is 0.583. The maximum Gasteiger partial charge on any atom is 0.410 e. The maximum atomic E-state index is 12.8. The van der Waals surface area contributed by atoms with Crippen molar-refractivity contribution in [2.75, 3.05) is 13.7 Å². The third kappa shape index (κ3) is 8.47. The molecule has 0 N–H and O–H groups in total. The van der Waals surface area contributed by atoms with Gasteiger partial charge in [-0.15, -0.1) is 0 Å². The number of amides is 1. The minimum Gasteiger partial charge on any atom is -0.469 e. The van der Waals surface area contributed by atoms with Crippen LogP contribution in [-0.4, -0.2) is 56.8 Å². The molecule has 1 aromatic rings. The van der Waals surface area contributed by atoms with Crippen LogP contribution in [0.1, 0.15) is 58.4 Å². The SMILES string of the molecule is COC(=O)CCC/C=C\C[C@H]1[C@@H](OS(=O)(=O)c2ccc(C)cc2)CCN1C(=O)OC(C)(C)C. The first-order valence-corrected chi connectivity index (χ1v) is 12.5. The van der Waals surface area contributed by atoms with E-state index in [1.807, 2.05) is 19.1 Å². The second-order valence-electron chi connectivity index (χ2n) is 9.11. The molecule has 1 saturated heterocycles. The molecule has 184 valence electrons. The summed E-state index contributed by atoms with van der Waals surface area (Å²) < 4.78 is 41.4. The van der Waals surface area contributed by atoms with E-state index in [0.29, 0.717) is 38.6 Å². The van der Waals surface area contributed by atoms with Crippen LogP contribution in [0, 0.1) is 6.92 Å². The van der Waals surface area contributed by atoms with Crippen molar-refractivity contribution in [3.05, 3.63) is 42.0 Å². The Morgan fingerprint density at radius 3 is 2.42 bits per heavy atom. The quantitative estimate of drug-likeness (QED) is 0.223. The van der Waals surface area contributed by atoms with Gasteiger partial charge in [-0.2, -0.15) is 8.42 Å². The molecule has 1 heterocycles. The highest BCUT2D eigenvalue weighted by atomic mass is 32.2. The van der Waals surface area contributed by atoms with E-state index < -0.39 is 34.0 Å². The number of carbonyl (C=O) groups excluding carboxylic acids is 2. The topological polar surface area (TPSA) is 99.2 Å². The highest BCUT2D eigenvalue weighted by molar-refractivity contribution is 7.86. The second kappa shape index (κ2) is 11.7. The number of aryl methyl sites for hydroxylation is 1. The summed E-state index contributed by atoms with van der Waals surface area (Å²) in [6.45, 7) is 7.57. The fourth-order valence-corrected chi connectivity index (χ4v) is 4.64. The van der Waals surface area contributed by atoms with Gasteiger partial charge in [0.1, 0.15) is 5.60 Å². The molecule has 33 heavy (non-hydrogen) atoms. The van der Waals surface area contributed by atoms with Gasteiger partial charge in [0.15, 0.2) is 0 Å². The number of nitrogens with zero attached hydrogens (tertiary/aromatic N) is 1. The molecule has 2 atom stereocenters. The molecule has 0 saturated carbocycles. The Morgan fingerprint density at radius 2 is 1.82 bits per heavy atom. The van der Waals surface area contributed by atoms with Crippen LogP contribution in [0.2, 0.25) is 0 Å². The lowest BCUT2D eigenvalue weighted by Gasteiger charge is -2.29. The number of benzene rings is 1. The largest absolute Gasteiger partial charge is 0.469 e. The van der Waals surface area contributed by atoms with Crippen molar-refractivity contribution in [3.63, 3.8) is 0 Å². The third-order valence-electron chi connectivity index (χ3n) is 5.20. The Labute approximate surface area is 197 Å². The lowest BCUT2D eigenvalue weighted by atomic mass is 10.1. The predicted molar refractivity (Wildman–Crippen MR) is 124 cm³/mol. The van der Waals surface area contributed by atoms with Gasteiger partial charge in [0, 0.05) is 13.0 Å². The summed E-state index contributed by atoms with van der Waals surface area (Å²) in [6.07, 6.45) is 5.05. The first-order valence-electron chi connectivity index (χ1n) is 11.1. The van der Waals surface area contributed by atoms with Gasteiger partial charge >= 0.3 is 12.1 Å². The number of unbranched alkanes of at least 4 members (excludes halogenated alkanes) is 1. The van der Waals surface area contributed by atoms with Crippen LogP contribution in [0.25, 0.3) is 0 Å². The smallest absolute Gasteiger partial charge is 0.410 e. The molecule has 0 bridgehead atoms. The predicted octanol–water partition coefficient (Wildman–Crippen LogP) is 4.37. The maximum absolute atomic E-state index is 12.8. The molecule has 0 radical (unpaired) electrons. The standard InChI is InChI=1S/C24H35NO7S/c1-18-12-14-19(15-13-18)33(28,29)32-21-16-17-25(23(27)31-24(2,3)4)20(21)10-8-6-7-9-11-22(26)30-5/h6,8,12-15,20-21H,7,9-11,16-17H2,1-5H3/b8-6-/t20-,21-/m0/s1. The lowest BCUT2D eigenvalue weighted by molar-refractivity contribution is -0.140. The van der Waals surface area contributed by atoms with Gasteiger partial charge in [-0.1, -0.05) is 29.8 Å². The van der Waals surface area contributed by atoms with Crippen molar-refractivity contribution in [1.82, 2.24) is 4.90 Å². The van der Waals surface area contributed by atoms with Gasteiger partial charge in [-0.3, -0.25) is 8.98 Å². The van der Waals surface area contributed by atoms with E-state index in [1.165, 1.54) is 19.2 Å². The average molecular weight is 482 g/mol. The number of rotatable bonds is 9. The molecule has 2 rings (SSSR count). The summed E-state index contributed by atoms with van der Waals surface area (Å²) in [5.41, 5.74) is 0.277. The van der Waals surface area contributed by atoms with Crippen LogP contribution in [0.4, 0.5) is 4.79 Å². The van der Waals surface area contributed by atoms with E-state index in [-0.39, 0.29) is 10.9 Å². The van der Waals surface area contributed by atoms with E-state index >= 15 is 0 Å². The molecule has 1 aromatic carbocycles. The van der Waals surface area contributed by atoms with Crippen LogP contribution in [0.5, 0.6) is 0 Å². The van der Waals surface area contributed by atoms with Crippen molar-refractivity contribution in [1.29, 1.82) is 0 Å². The zero-order valence-corrected chi connectivity index (χ0v) is 20.9. The van der Waals surface area contributed by atoms with E-state index in [0.717, 1.165) is 5.56 Å². The Hall–Kier alpha value is -2.39. The summed E-state index contributed by atoms with van der Waals surface area (Å²) in [5.74, 6) is -0.259. The average Bonchev–Trinajstić information content (AvgIpc) is 3.11. The molecular weight excluding hydrogens is 446 g/mol. The highest BCUT2D eigenvalue weighted by Gasteiger charge is 2.41. The molecule has 9 heteroatoms. The van der Waals surface area contributed by atoms with Gasteiger partial charge in [-0.25, -0.2) is 4.79 Å². The molecule has 1 amide bonds. The van der Waals surface area contributed by atoms with Crippen LogP contribution in [-0.2, 0) is 28.6 Å². The number of hydrogen-bond donors (Lipinski definition) is 0. The van der Waals surface area contributed by atoms with Gasteiger partial charge in [0.05, 0.1) is 24.2 Å². The van der Waals surface area contributed by atoms with Crippen LogP contribution in [0.15, 0.2) is 41.3 Å². The van der Waals surface area contributed by atoms with E-state index in [9.17, 15) is 18.0 Å². The number of ether oxygens (including phenoxy) is 2. The van der Waals surface area contributed by atoms with Gasteiger partial charge in [-0.05, 0) is 65.5 Å². The van der Waals surface area contributed by atoms with Crippen molar-refractivity contribution >= 4 is 22.2 Å². The second-order valence-corrected chi connectivity index (χ2v) is 10.7. The van der Waals surface area contributed by atoms with E-state index in [4.69, 9.17) is 8.92 Å². The van der Waals surface area contributed by atoms with Crippen LogP contribution < -0.4 is 0 Å². The molecule has 0 aromatic heterocycles. The number of esters is 1. The van der Waals surface area contributed by atoms with E-state index in [1.54, 1.807) is 37.8 Å². The number of likely N-dealkylation sites (tertiary alicyclic amines) is 1. The van der Waals surface area contributed by atoms with Crippen LogP contribution >= 0.6 is 0 Å². The Bertz CT molecular complexity index is 933. The molecule has 1 fully saturated rings. The Morgan fingerprint density at radius 1 is 1.15 bits per heavy atom. The molecule has 8 nitrogen and oxygen atoms in total. The summed E-state index contributed by atoms with van der Waals surface area (Å²) in [6, 6.07) is 5.97. The molecule has 1 aliphatic rings. The fourth-order valence-electron chi connectivity index (χ4n) is 3.51. The number of hydrogen-bond acceptors (Lipinski definition) is 7. The van der Waals surface area contributed by atoms with Crippen molar-refractivity contribution in [3.8, 4) is 0 Å². The number of allylic oxidation sites excluding steroid dienone is 1. The van der Waals surface area contributed by atoms with Crippen LogP contribution in [0.3, 0.4) is 0 Å². The molecule has 0 spiro atoms. The van der Waals surface area contributed by atoms with Gasteiger partial charge in [0.25, 0.3) is 10.1 Å². The summed E-state index contributed by atoms with van der Waals surface area (Å²) in [5, 5.41) is 0. The lowest BCUT2D eigenvalue weighted by Crippen LogP contribution is -2.43. The zero-order valence-electron chi connectivity index (χ0n) is 20.1. The minimum absolute atomic E-state index is 0.0842. The Balaban J connectivity index is 2.12. The first kappa shape index (κ1) is 26.9. The minimum atomic E-state index is -3.98. The zero-order chi connectivity index (χ0) is 24.6. The third-order valence-corrected chi connectivity index (χ3v) is 6.55.